The Morgan fingerprint density at radius 3 is 2.68 bits per heavy atom. The Morgan fingerprint density at radius 2 is 1.88 bits per heavy atom. The lowest BCUT2D eigenvalue weighted by atomic mass is 10.1. The summed E-state index contributed by atoms with van der Waals surface area (Å²) in [5.41, 5.74) is 3.42. The molecule has 0 spiro atoms. The first-order valence-electron chi connectivity index (χ1n) is 10.4. The molecule has 1 aliphatic heterocycles. The minimum atomic E-state index is -1.04. The van der Waals surface area contributed by atoms with E-state index >= 15 is 0 Å². The molecule has 0 saturated carbocycles. The SMILES string of the molecule is O=C1NC(=Nc2cccc(C(=O)O)c2)SC1=Cc1cn(Cc2ccc(F)cc2)c2ccccc12. The number of para-hydroxylation sites is 1. The van der Waals surface area contributed by atoms with E-state index in [1.807, 2.05) is 36.5 Å². The normalized spacial score (nSPS) is 15.9. The quantitative estimate of drug-likeness (QED) is 0.381. The van der Waals surface area contributed by atoms with Gasteiger partial charge in [0.05, 0.1) is 16.2 Å². The number of nitrogens with one attached hydrogen (secondary N) is 1. The Bertz CT molecular complexity index is 1490. The summed E-state index contributed by atoms with van der Waals surface area (Å²) in [6, 6.07) is 20.5. The van der Waals surface area contributed by atoms with E-state index in [0.717, 1.165) is 22.0 Å². The maximum atomic E-state index is 13.3. The van der Waals surface area contributed by atoms with Crippen LogP contribution < -0.4 is 5.32 Å². The zero-order valence-corrected chi connectivity index (χ0v) is 18.6. The number of hydrogen-bond donors (Lipinski definition) is 2. The van der Waals surface area contributed by atoms with E-state index in [9.17, 15) is 14.0 Å². The number of carbonyl (C=O) groups is 2. The van der Waals surface area contributed by atoms with Crippen LogP contribution in [0.25, 0.3) is 17.0 Å². The third-order valence-corrected chi connectivity index (χ3v) is 6.26. The largest absolute Gasteiger partial charge is 0.478 e. The van der Waals surface area contributed by atoms with Crippen LogP contribution in [-0.2, 0) is 11.3 Å². The molecule has 0 aliphatic carbocycles. The lowest BCUT2D eigenvalue weighted by molar-refractivity contribution is -0.115. The van der Waals surface area contributed by atoms with Gasteiger partial charge in [-0.25, -0.2) is 14.2 Å². The highest BCUT2D eigenvalue weighted by molar-refractivity contribution is 8.18. The van der Waals surface area contributed by atoms with Gasteiger partial charge in [-0.3, -0.25) is 4.79 Å². The Balaban J connectivity index is 1.45. The molecule has 0 atom stereocenters. The van der Waals surface area contributed by atoms with Crippen molar-refractivity contribution < 1.29 is 19.1 Å². The summed E-state index contributed by atoms with van der Waals surface area (Å²) < 4.78 is 15.3. The molecule has 1 amide bonds. The number of thioether (sulfide) groups is 1. The highest BCUT2D eigenvalue weighted by atomic mass is 32.2. The molecule has 2 heterocycles. The van der Waals surface area contributed by atoms with Gasteiger partial charge in [0.1, 0.15) is 5.82 Å². The van der Waals surface area contributed by atoms with Gasteiger partial charge in [-0.05, 0) is 59.8 Å². The number of carboxylic acid groups (broad SMARTS) is 1. The number of aliphatic imine (C=N–C) groups is 1. The smallest absolute Gasteiger partial charge is 0.335 e. The van der Waals surface area contributed by atoms with E-state index in [-0.39, 0.29) is 17.3 Å². The molecule has 1 aliphatic rings. The maximum Gasteiger partial charge on any atom is 0.335 e. The van der Waals surface area contributed by atoms with E-state index in [1.165, 1.54) is 36.0 Å². The zero-order chi connectivity index (χ0) is 23.7. The van der Waals surface area contributed by atoms with Crippen molar-refractivity contribution in [1.29, 1.82) is 0 Å². The van der Waals surface area contributed by atoms with Crippen LogP contribution in [-0.4, -0.2) is 26.7 Å². The summed E-state index contributed by atoms with van der Waals surface area (Å²) >= 11 is 1.20. The number of halogens is 1. The van der Waals surface area contributed by atoms with Crippen molar-refractivity contribution in [2.75, 3.05) is 0 Å². The minimum Gasteiger partial charge on any atom is -0.478 e. The summed E-state index contributed by atoms with van der Waals surface area (Å²) in [6.07, 6.45) is 3.79. The van der Waals surface area contributed by atoms with Crippen LogP contribution >= 0.6 is 11.8 Å². The third-order valence-electron chi connectivity index (χ3n) is 5.35. The van der Waals surface area contributed by atoms with Crippen molar-refractivity contribution in [3.05, 3.63) is 106 Å². The first-order valence-corrected chi connectivity index (χ1v) is 11.2. The first-order chi connectivity index (χ1) is 16.5. The average molecular weight is 472 g/mol. The summed E-state index contributed by atoms with van der Waals surface area (Å²) in [6.45, 7) is 0.565. The topological polar surface area (TPSA) is 83.7 Å². The Morgan fingerprint density at radius 1 is 1.09 bits per heavy atom. The Kier molecular flexibility index (Phi) is 5.73. The van der Waals surface area contributed by atoms with Crippen molar-refractivity contribution >= 4 is 51.5 Å². The fraction of sp³-hybridized carbons (Fsp3) is 0.0385. The number of amides is 1. The zero-order valence-electron chi connectivity index (χ0n) is 17.7. The first kappa shape index (κ1) is 21.7. The predicted octanol–water partition coefficient (Wildman–Crippen LogP) is 5.42. The second-order valence-corrected chi connectivity index (χ2v) is 8.72. The minimum absolute atomic E-state index is 0.126. The fourth-order valence-electron chi connectivity index (χ4n) is 3.76. The van der Waals surface area contributed by atoms with Crippen molar-refractivity contribution in [1.82, 2.24) is 9.88 Å². The van der Waals surface area contributed by atoms with Gasteiger partial charge in [0.2, 0.25) is 0 Å². The van der Waals surface area contributed by atoms with Crippen LogP contribution in [0.2, 0.25) is 0 Å². The number of hydrogen-bond acceptors (Lipinski definition) is 4. The molecule has 6 nitrogen and oxygen atoms in total. The number of fused-ring (bicyclic) bond motifs is 1. The van der Waals surface area contributed by atoms with Crippen molar-refractivity contribution in [2.45, 2.75) is 6.54 Å². The number of aromatic carboxylic acids is 1. The van der Waals surface area contributed by atoms with Gasteiger partial charge in [-0.2, -0.15) is 0 Å². The second kappa shape index (κ2) is 8.99. The lowest BCUT2D eigenvalue weighted by Gasteiger charge is -2.05. The summed E-state index contributed by atoms with van der Waals surface area (Å²) in [5, 5.41) is 13.3. The molecule has 1 fully saturated rings. The summed E-state index contributed by atoms with van der Waals surface area (Å²) in [5.74, 6) is -1.58. The van der Waals surface area contributed by atoms with E-state index in [0.29, 0.717) is 22.3 Å². The van der Waals surface area contributed by atoms with Crippen molar-refractivity contribution in [3.8, 4) is 0 Å². The second-order valence-electron chi connectivity index (χ2n) is 7.69. The molecule has 0 radical (unpaired) electrons. The number of benzene rings is 3. The fourth-order valence-corrected chi connectivity index (χ4v) is 4.59. The number of nitrogens with zero attached hydrogens (tertiary/aromatic N) is 2. The number of amidine groups is 1. The maximum absolute atomic E-state index is 13.3. The van der Waals surface area contributed by atoms with Gasteiger partial charge in [-0.15, -0.1) is 0 Å². The third kappa shape index (κ3) is 4.49. The van der Waals surface area contributed by atoms with Gasteiger partial charge in [0, 0.05) is 29.2 Å². The van der Waals surface area contributed by atoms with Crippen LogP contribution in [0, 0.1) is 5.82 Å². The molecule has 1 aromatic heterocycles. The lowest BCUT2D eigenvalue weighted by Crippen LogP contribution is -2.19. The van der Waals surface area contributed by atoms with E-state index in [4.69, 9.17) is 5.11 Å². The Hall–Kier alpha value is -4.17. The van der Waals surface area contributed by atoms with Crippen LogP contribution in [0.1, 0.15) is 21.5 Å². The van der Waals surface area contributed by atoms with Gasteiger partial charge in [-0.1, -0.05) is 36.4 Å². The molecule has 3 aromatic carbocycles. The van der Waals surface area contributed by atoms with Crippen LogP contribution in [0.5, 0.6) is 0 Å². The molecule has 168 valence electrons. The number of rotatable bonds is 5. The monoisotopic (exact) mass is 471 g/mol. The van der Waals surface area contributed by atoms with E-state index in [2.05, 4.69) is 14.9 Å². The molecule has 34 heavy (non-hydrogen) atoms. The van der Waals surface area contributed by atoms with E-state index in [1.54, 1.807) is 24.3 Å². The average Bonchev–Trinajstić information content (AvgIpc) is 3.35. The van der Waals surface area contributed by atoms with Gasteiger partial charge < -0.3 is 15.0 Å². The van der Waals surface area contributed by atoms with Gasteiger partial charge in [0.15, 0.2) is 5.17 Å². The molecule has 0 bridgehead atoms. The summed E-state index contributed by atoms with van der Waals surface area (Å²) in [7, 11) is 0. The molecule has 8 heteroatoms. The molecule has 1 saturated heterocycles. The highest BCUT2D eigenvalue weighted by Crippen LogP contribution is 2.31. The summed E-state index contributed by atoms with van der Waals surface area (Å²) in [4.78, 5) is 28.7. The van der Waals surface area contributed by atoms with Crippen LogP contribution in [0.4, 0.5) is 10.1 Å². The van der Waals surface area contributed by atoms with Gasteiger partial charge >= 0.3 is 5.97 Å². The number of carboxylic acids is 1. The Labute approximate surface area is 198 Å². The molecular weight excluding hydrogens is 453 g/mol. The predicted molar refractivity (Wildman–Crippen MR) is 132 cm³/mol. The highest BCUT2D eigenvalue weighted by Gasteiger charge is 2.24. The number of aromatic nitrogens is 1. The van der Waals surface area contributed by atoms with Crippen LogP contribution in [0.3, 0.4) is 0 Å². The molecule has 4 aromatic rings. The number of carbonyl (C=O) groups excluding carboxylic acids is 1. The molecule has 2 N–H and O–H groups in total. The van der Waals surface area contributed by atoms with Crippen molar-refractivity contribution in [2.24, 2.45) is 4.99 Å². The van der Waals surface area contributed by atoms with E-state index < -0.39 is 5.97 Å². The van der Waals surface area contributed by atoms with Crippen molar-refractivity contribution in [3.63, 3.8) is 0 Å². The molecule has 5 rings (SSSR count). The standard InChI is InChI=1S/C26H18FN3O3S/c27-19-10-8-16(9-11-19)14-30-15-18(21-6-1-2-7-22(21)30)13-23-24(31)29-26(34-23)28-20-5-3-4-17(12-20)25(32)33/h1-13,15H,14H2,(H,32,33)(H,28,29,31). The molecular formula is C26H18FN3O3S. The van der Waals surface area contributed by atoms with Gasteiger partial charge in [0.25, 0.3) is 5.91 Å². The van der Waals surface area contributed by atoms with Crippen LogP contribution in [0.15, 0.2) is 88.9 Å². The molecule has 0 unspecified atom stereocenters.